The molecule has 0 radical (unpaired) electrons. The zero-order chi connectivity index (χ0) is 54.0. The molecule has 0 bridgehead atoms. The van der Waals surface area contributed by atoms with Crippen molar-refractivity contribution in [3.8, 4) is 66.8 Å². The second-order valence-electron chi connectivity index (χ2n) is 21.6. The first-order chi connectivity index (χ1) is 40.6. The Morgan fingerprint density at radius 3 is 1.40 bits per heavy atom. The van der Waals surface area contributed by atoms with Crippen LogP contribution < -0.4 is 9.80 Å². The number of aromatic nitrogens is 2. The van der Waals surface area contributed by atoms with E-state index in [1.54, 1.807) is 24.5 Å². The molecular weight excluding hydrogens is 1000 g/mol. The smallest absolute Gasteiger partial charge is 0.234 e. The molecule has 0 saturated heterocycles. The van der Waals surface area contributed by atoms with E-state index in [-0.39, 0.29) is 5.82 Å². The molecule has 0 unspecified atom stereocenters. The molecular formula is C77H47FN4. The quantitative estimate of drug-likeness (QED) is 0.152. The van der Waals surface area contributed by atoms with Gasteiger partial charge in [0, 0.05) is 35.0 Å². The van der Waals surface area contributed by atoms with Crippen molar-refractivity contribution >= 4 is 66.7 Å². The molecule has 13 aromatic carbocycles. The minimum atomic E-state index is -0.550. The molecule has 1 spiro atoms. The molecule has 0 amide bonds. The fraction of sp³-hybridized carbons (Fsp3) is 0.0130. The Bertz CT molecular complexity index is 4900. The molecule has 0 N–H and O–H groups in total. The molecule has 0 saturated carbocycles. The predicted molar refractivity (Wildman–Crippen MR) is 335 cm³/mol. The van der Waals surface area contributed by atoms with Gasteiger partial charge in [0.2, 0.25) is 5.95 Å². The molecule has 3 aliphatic rings. The number of halogens is 1. The summed E-state index contributed by atoms with van der Waals surface area (Å²) in [5, 5.41) is 7.09. The van der Waals surface area contributed by atoms with Gasteiger partial charge in [-0.1, -0.05) is 212 Å². The third-order valence-corrected chi connectivity index (χ3v) is 17.6. The summed E-state index contributed by atoms with van der Waals surface area (Å²) in [7, 11) is 0. The third kappa shape index (κ3) is 6.53. The van der Waals surface area contributed by atoms with Gasteiger partial charge in [-0.15, -0.1) is 0 Å². The van der Waals surface area contributed by atoms with E-state index in [4.69, 9.17) is 9.97 Å². The Hall–Kier alpha value is -10.8. The first-order valence-corrected chi connectivity index (χ1v) is 28.0. The highest BCUT2D eigenvalue weighted by Gasteiger charge is 2.52. The number of fused-ring (bicyclic) bond motifs is 15. The topological polar surface area (TPSA) is 32.3 Å². The average molecular weight is 1050 g/mol. The lowest BCUT2D eigenvalue weighted by atomic mass is 9.70. The Morgan fingerprint density at radius 1 is 0.305 bits per heavy atom. The van der Waals surface area contributed by atoms with E-state index in [0.29, 0.717) is 11.6 Å². The highest BCUT2D eigenvalue weighted by Crippen LogP contribution is 2.65. The van der Waals surface area contributed by atoms with Crippen LogP contribution >= 0.6 is 0 Å². The van der Waals surface area contributed by atoms with Crippen LogP contribution in [-0.2, 0) is 5.41 Å². The summed E-state index contributed by atoms with van der Waals surface area (Å²) in [5.74, 6) is 0.300. The van der Waals surface area contributed by atoms with Crippen molar-refractivity contribution in [3.63, 3.8) is 0 Å². The summed E-state index contributed by atoms with van der Waals surface area (Å²) in [6, 6.07) is 97.2. The van der Waals surface area contributed by atoms with Crippen LogP contribution in [0.4, 0.5) is 38.8 Å². The lowest BCUT2D eigenvalue weighted by molar-refractivity contribution is 0.629. The maximum atomic E-state index is 16.9. The van der Waals surface area contributed by atoms with Gasteiger partial charge in [0.25, 0.3) is 0 Å². The molecule has 0 aliphatic heterocycles. The molecule has 82 heavy (non-hydrogen) atoms. The van der Waals surface area contributed by atoms with Crippen molar-refractivity contribution < 1.29 is 4.39 Å². The second kappa shape index (κ2) is 17.9. The number of para-hydroxylation sites is 1. The Labute approximate surface area is 474 Å². The number of rotatable bonds is 8. The van der Waals surface area contributed by atoms with E-state index in [9.17, 15) is 0 Å². The van der Waals surface area contributed by atoms with Crippen LogP contribution in [0.25, 0.3) is 99.1 Å². The van der Waals surface area contributed by atoms with Crippen LogP contribution in [0.15, 0.2) is 285 Å². The number of nitrogens with zero attached hydrogens (tertiary/aromatic N) is 4. The lowest BCUT2D eigenvalue weighted by Crippen LogP contribution is -2.26. The van der Waals surface area contributed by atoms with Gasteiger partial charge >= 0.3 is 0 Å². The van der Waals surface area contributed by atoms with Crippen molar-refractivity contribution in [2.45, 2.75) is 5.41 Å². The Kier molecular flexibility index (Phi) is 10.1. The monoisotopic (exact) mass is 1050 g/mol. The van der Waals surface area contributed by atoms with E-state index in [1.165, 1.54) is 77.4 Å². The minimum Gasteiger partial charge on any atom is -0.307 e. The maximum Gasteiger partial charge on any atom is 0.234 e. The van der Waals surface area contributed by atoms with Crippen molar-refractivity contribution in [2.24, 2.45) is 0 Å². The summed E-state index contributed by atoms with van der Waals surface area (Å²) in [6.07, 6.45) is 3.59. The zero-order valence-electron chi connectivity index (χ0n) is 44.3. The van der Waals surface area contributed by atoms with Crippen molar-refractivity contribution in [2.75, 3.05) is 9.80 Å². The average Bonchev–Trinajstić information content (AvgIpc) is 1.69. The van der Waals surface area contributed by atoms with Crippen LogP contribution in [-0.4, -0.2) is 9.97 Å². The summed E-state index contributed by atoms with van der Waals surface area (Å²) >= 11 is 0. The Morgan fingerprint density at radius 2 is 0.768 bits per heavy atom. The molecule has 14 aromatic rings. The van der Waals surface area contributed by atoms with Crippen LogP contribution in [0, 0.1) is 5.82 Å². The first kappa shape index (κ1) is 46.2. The molecule has 17 rings (SSSR count). The summed E-state index contributed by atoms with van der Waals surface area (Å²) in [6.45, 7) is 0. The van der Waals surface area contributed by atoms with Gasteiger partial charge < -0.3 is 4.90 Å². The molecule has 0 atom stereocenters. The largest absolute Gasteiger partial charge is 0.307 e. The SMILES string of the molecule is Fc1ccccc1N(c1ccc(-c2c3c(c(-c4ccc(N(c5ccc6ccccc6c5)c5ncccn5)cc4)c4ccccc24)-c2cccc4cccc-3c24)cc1)c1cccc2c1-c1ccccc1C21c2ccccc2-c2ccccc21. The van der Waals surface area contributed by atoms with Crippen LogP contribution in [0.5, 0.6) is 0 Å². The molecule has 1 aromatic heterocycles. The van der Waals surface area contributed by atoms with E-state index in [2.05, 4.69) is 252 Å². The standard InChI is InChI=1S/C77H47FN4/c78-67-32-11-12-33-68(67)82(69-34-15-31-66-73(69)60-25-7-10-30-65(60)77(66)63-28-8-5-21-56(63)57-22-6-9-29-64(57)77)54-42-38-51(39-43-54)72-59-24-4-3-23-58(59)71(74-61-26-13-19-49-20-14-27-62(70(49)61)75(72)74)50-36-40-53(41-37-50)81(76-79-45-16-46-80-76)55-44-35-48-17-1-2-18-52(48)47-55/h1-47H. The van der Waals surface area contributed by atoms with E-state index in [1.807, 2.05) is 18.2 Å². The fourth-order valence-electron chi connectivity index (χ4n) is 14.3. The zero-order valence-corrected chi connectivity index (χ0v) is 44.3. The summed E-state index contributed by atoms with van der Waals surface area (Å²) in [5.41, 5.74) is 22.7. The molecule has 3 aliphatic carbocycles. The molecule has 5 heteroatoms. The lowest BCUT2D eigenvalue weighted by Gasteiger charge is -2.32. The maximum absolute atomic E-state index is 16.9. The highest BCUT2D eigenvalue weighted by molar-refractivity contribution is 6.27. The van der Waals surface area contributed by atoms with Gasteiger partial charge in [0.05, 0.1) is 16.8 Å². The van der Waals surface area contributed by atoms with E-state index in [0.717, 1.165) is 66.7 Å². The number of hydrogen-bond donors (Lipinski definition) is 0. The van der Waals surface area contributed by atoms with Gasteiger partial charge in [0.15, 0.2) is 0 Å². The van der Waals surface area contributed by atoms with Gasteiger partial charge in [0.1, 0.15) is 5.82 Å². The third-order valence-electron chi connectivity index (χ3n) is 17.6. The van der Waals surface area contributed by atoms with Crippen molar-refractivity contribution in [1.82, 2.24) is 9.97 Å². The van der Waals surface area contributed by atoms with Gasteiger partial charge in [-0.25, -0.2) is 14.4 Å². The van der Waals surface area contributed by atoms with Gasteiger partial charge in [-0.2, -0.15) is 0 Å². The van der Waals surface area contributed by atoms with Crippen LogP contribution in [0.3, 0.4) is 0 Å². The predicted octanol–water partition coefficient (Wildman–Crippen LogP) is 20.3. The van der Waals surface area contributed by atoms with E-state index < -0.39 is 5.41 Å². The van der Waals surface area contributed by atoms with Crippen molar-refractivity contribution in [3.05, 3.63) is 313 Å². The van der Waals surface area contributed by atoms with Gasteiger partial charge in [-0.05, 0) is 176 Å². The normalized spacial score (nSPS) is 12.8. The molecule has 1 heterocycles. The first-order valence-electron chi connectivity index (χ1n) is 28.0. The minimum absolute atomic E-state index is 0.296. The van der Waals surface area contributed by atoms with Crippen LogP contribution in [0.1, 0.15) is 22.3 Å². The molecule has 4 nitrogen and oxygen atoms in total. The number of anilines is 6. The highest BCUT2D eigenvalue weighted by atomic mass is 19.1. The summed E-state index contributed by atoms with van der Waals surface area (Å²) in [4.78, 5) is 13.8. The molecule has 0 fully saturated rings. The van der Waals surface area contributed by atoms with E-state index >= 15 is 4.39 Å². The van der Waals surface area contributed by atoms with Gasteiger partial charge in [-0.3, -0.25) is 4.90 Å². The fourth-order valence-corrected chi connectivity index (χ4v) is 14.3. The number of hydrogen-bond acceptors (Lipinski definition) is 4. The van der Waals surface area contributed by atoms with Crippen molar-refractivity contribution in [1.29, 1.82) is 0 Å². The molecule has 382 valence electrons. The Balaban J connectivity index is 0.847. The summed E-state index contributed by atoms with van der Waals surface area (Å²) < 4.78 is 16.9. The van der Waals surface area contributed by atoms with Crippen LogP contribution in [0.2, 0.25) is 0 Å². The number of benzene rings is 13. The second-order valence-corrected chi connectivity index (χ2v) is 21.6.